The monoisotopic (exact) mass is 377 g/mol. The molecular formula is C19H24FN3O4. The molecular weight excluding hydrogens is 353 g/mol. The van der Waals surface area contributed by atoms with Crippen molar-refractivity contribution >= 4 is 23.4 Å². The Morgan fingerprint density at radius 2 is 2.07 bits per heavy atom. The number of halogens is 1. The van der Waals surface area contributed by atoms with E-state index in [2.05, 4.69) is 5.32 Å². The van der Waals surface area contributed by atoms with Crippen LogP contribution in [0, 0.1) is 23.6 Å². The summed E-state index contributed by atoms with van der Waals surface area (Å²) in [6, 6.07) is 4.81. The standard InChI is InChI=1S/C19H24FN3O4/c1-11(25)21-7-13-8-23(19(26)27-13)12-2-3-18(17(20)6-12)22-9-15-14(4-5-24)16(15)10-22/h2-3,6,13-16,24H,4-5,7-10H2,1H3,(H,21,25)/t13-,14?,15-,16+/m0/s1. The summed E-state index contributed by atoms with van der Waals surface area (Å²) in [5.74, 6) is 1.14. The molecule has 1 unspecified atom stereocenters. The molecule has 0 aromatic heterocycles. The van der Waals surface area contributed by atoms with Gasteiger partial charge in [0.1, 0.15) is 11.9 Å². The van der Waals surface area contributed by atoms with Gasteiger partial charge in [0.05, 0.1) is 24.5 Å². The predicted octanol–water partition coefficient (Wildman–Crippen LogP) is 1.35. The number of piperidine rings is 1. The van der Waals surface area contributed by atoms with Gasteiger partial charge >= 0.3 is 6.09 Å². The molecule has 27 heavy (non-hydrogen) atoms. The molecule has 7 nitrogen and oxygen atoms in total. The molecule has 0 bridgehead atoms. The Balaban J connectivity index is 1.39. The van der Waals surface area contributed by atoms with E-state index in [9.17, 15) is 14.0 Å². The molecule has 0 radical (unpaired) electrons. The van der Waals surface area contributed by atoms with Crippen molar-refractivity contribution in [1.29, 1.82) is 0 Å². The topological polar surface area (TPSA) is 82.1 Å². The summed E-state index contributed by atoms with van der Waals surface area (Å²) in [5, 5.41) is 11.7. The summed E-state index contributed by atoms with van der Waals surface area (Å²) < 4.78 is 19.9. The number of carbonyl (C=O) groups excluding carboxylic acids is 2. The highest BCUT2D eigenvalue weighted by molar-refractivity contribution is 5.90. The minimum absolute atomic E-state index is 0.190. The van der Waals surface area contributed by atoms with Gasteiger partial charge in [-0.2, -0.15) is 0 Å². The maximum atomic E-state index is 14.7. The number of benzene rings is 1. The lowest BCUT2D eigenvalue weighted by Crippen LogP contribution is -2.33. The van der Waals surface area contributed by atoms with E-state index in [0.29, 0.717) is 29.1 Å². The van der Waals surface area contributed by atoms with E-state index in [1.165, 1.54) is 17.9 Å². The third kappa shape index (κ3) is 3.45. The van der Waals surface area contributed by atoms with Gasteiger partial charge in [0.25, 0.3) is 0 Å². The van der Waals surface area contributed by atoms with Crippen molar-refractivity contribution in [1.82, 2.24) is 5.32 Å². The van der Waals surface area contributed by atoms with E-state index in [1.54, 1.807) is 12.1 Å². The minimum Gasteiger partial charge on any atom is -0.442 e. The van der Waals surface area contributed by atoms with Crippen LogP contribution >= 0.6 is 0 Å². The van der Waals surface area contributed by atoms with Crippen LogP contribution in [0.25, 0.3) is 0 Å². The Bertz CT molecular complexity index is 746. The van der Waals surface area contributed by atoms with Gasteiger partial charge in [-0.05, 0) is 42.4 Å². The first-order valence-electron chi connectivity index (χ1n) is 9.36. The molecule has 146 valence electrons. The van der Waals surface area contributed by atoms with Gasteiger partial charge in [-0.1, -0.05) is 0 Å². The number of aliphatic hydroxyl groups is 1. The molecule has 2 N–H and O–H groups in total. The van der Waals surface area contributed by atoms with Crippen molar-refractivity contribution in [2.45, 2.75) is 19.4 Å². The van der Waals surface area contributed by atoms with Crippen molar-refractivity contribution in [2.24, 2.45) is 17.8 Å². The summed E-state index contributed by atoms with van der Waals surface area (Å²) in [7, 11) is 0. The molecule has 2 heterocycles. The van der Waals surface area contributed by atoms with E-state index >= 15 is 0 Å². The molecule has 1 saturated carbocycles. The summed E-state index contributed by atoms with van der Waals surface area (Å²) in [6.07, 6.45) is -0.147. The minimum atomic E-state index is -0.535. The summed E-state index contributed by atoms with van der Waals surface area (Å²) in [4.78, 5) is 26.5. The lowest BCUT2D eigenvalue weighted by atomic mass is 10.1. The van der Waals surface area contributed by atoms with Gasteiger partial charge in [-0.25, -0.2) is 9.18 Å². The van der Waals surface area contributed by atoms with Crippen LogP contribution in [0.4, 0.5) is 20.6 Å². The molecule has 2 amide bonds. The van der Waals surface area contributed by atoms with E-state index in [0.717, 1.165) is 19.5 Å². The lowest BCUT2D eigenvalue weighted by molar-refractivity contribution is -0.119. The Morgan fingerprint density at radius 1 is 1.33 bits per heavy atom. The van der Waals surface area contributed by atoms with Crippen molar-refractivity contribution in [3.05, 3.63) is 24.0 Å². The second kappa shape index (κ2) is 6.99. The van der Waals surface area contributed by atoms with Crippen LogP contribution in [0.3, 0.4) is 0 Å². The number of carbonyl (C=O) groups is 2. The average molecular weight is 377 g/mol. The molecule has 4 rings (SSSR count). The number of anilines is 2. The fraction of sp³-hybridized carbons (Fsp3) is 0.579. The number of cyclic esters (lactones) is 1. The maximum absolute atomic E-state index is 14.7. The Morgan fingerprint density at radius 3 is 2.70 bits per heavy atom. The van der Waals surface area contributed by atoms with Crippen molar-refractivity contribution < 1.29 is 23.8 Å². The number of nitrogens with zero attached hydrogens (tertiary/aromatic N) is 2. The third-order valence-electron chi connectivity index (χ3n) is 5.87. The zero-order chi connectivity index (χ0) is 19.1. The van der Waals surface area contributed by atoms with E-state index in [4.69, 9.17) is 9.84 Å². The van der Waals surface area contributed by atoms with Crippen molar-refractivity contribution in [3.63, 3.8) is 0 Å². The fourth-order valence-corrected chi connectivity index (χ4v) is 4.44. The molecule has 2 aliphatic heterocycles. The molecule has 1 aliphatic carbocycles. The van der Waals surface area contributed by atoms with Crippen LogP contribution in [0.5, 0.6) is 0 Å². The fourth-order valence-electron chi connectivity index (χ4n) is 4.44. The molecule has 1 aromatic carbocycles. The number of aliphatic hydroxyl groups excluding tert-OH is 1. The highest BCUT2D eigenvalue weighted by atomic mass is 19.1. The summed E-state index contributed by atoms with van der Waals surface area (Å²) in [6.45, 7) is 3.76. The predicted molar refractivity (Wildman–Crippen MR) is 97.1 cm³/mol. The van der Waals surface area contributed by atoms with Gasteiger partial charge in [0.15, 0.2) is 0 Å². The molecule has 8 heteroatoms. The largest absolute Gasteiger partial charge is 0.442 e. The maximum Gasteiger partial charge on any atom is 0.414 e. The Labute approximate surface area is 157 Å². The number of fused-ring (bicyclic) bond motifs is 1. The molecule has 1 aromatic rings. The van der Waals surface area contributed by atoms with Gasteiger partial charge in [-0.3, -0.25) is 9.69 Å². The number of rotatable bonds is 6. The third-order valence-corrected chi connectivity index (χ3v) is 5.87. The number of hydrogen-bond donors (Lipinski definition) is 2. The van der Waals surface area contributed by atoms with Crippen LogP contribution in [0.2, 0.25) is 0 Å². The number of hydrogen-bond acceptors (Lipinski definition) is 5. The first-order chi connectivity index (χ1) is 13.0. The second-order valence-electron chi connectivity index (χ2n) is 7.60. The first-order valence-corrected chi connectivity index (χ1v) is 9.36. The zero-order valence-corrected chi connectivity index (χ0v) is 15.2. The van der Waals surface area contributed by atoms with Gasteiger partial charge in [0.2, 0.25) is 5.91 Å². The molecule has 3 fully saturated rings. The van der Waals surface area contributed by atoms with Crippen molar-refractivity contribution in [2.75, 3.05) is 42.6 Å². The highest BCUT2D eigenvalue weighted by Crippen LogP contribution is 2.54. The van der Waals surface area contributed by atoms with Crippen LogP contribution in [0.1, 0.15) is 13.3 Å². The number of amides is 2. The average Bonchev–Trinajstić information content (AvgIpc) is 2.98. The molecule has 3 aliphatic rings. The second-order valence-corrected chi connectivity index (χ2v) is 7.60. The van der Waals surface area contributed by atoms with Crippen LogP contribution in [-0.2, 0) is 9.53 Å². The van der Waals surface area contributed by atoms with Gasteiger partial charge in [0, 0.05) is 26.6 Å². The number of ether oxygens (including phenoxy) is 1. The SMILES string of the molecule is CC(=O)NC[C@H]1CN(c2ccc(N3C[C@@H]4C(CCO)[C@@H]4C3)c(F)c2)C(=O)O1. The Kier molecular flexibility index (Phi) is 4.67. The summed E-state index contributed by atoms with van der Waals surface area (Å²) >= 11 is 0. The quantitative estimate of drug-likeness (QED) is 0.782. The molecule has 0 spiro atoms. The molecule has 2 saturated heterocycles. The first kappa shape index (κ1) is 18.0. The van der Waals surface area contributed by atoms with Crippen LogP contribution in [0.15, 0.2) is 18.2 Å². The van der Waals surface area contributed by atoms with Crippen LogP contribution in [-0.4, -0.2) is 56.0 Å². The number of nitrogens with one attached hydrogen (secondary N) is 1. The molecule has 4 atom stereocenters. The van der Waals surface area contributed by atoms with Gasteiger partial charge < -0.3 is 20.1 Å². The van der Waals surface area contributed by atoms with E-state index in [1.807, 2.05) is 4.90 Å². The smallest absolute Gasteiger partial charge is 0.414 e. The van der Waals surface area contributed by atoms with Crippen molar-refractivity contribution in [3.8, 4) is 0 Å². The van der Waals surface area contributed by atoms with Crippen LogP contribution < -0.4 is 15.1 Å². The zero-order valence-electron chi connectivity index (χ0n) is 15.2. The Hall–Kier alpha value is -2.35. The highest BCUT2D eigenvalue weighted by Gasteiger charge is 2.55. The summed E-state index contributed by atoms with van der Waals surface area (Å²) in [5.41, 5.74) is 1.00. The van der Waals surface area contributed by atoms with Gasteiger partial charge in [-0.15, -0.1) is 0 Å². The normalized spacial score (nSPS) is 28.9. The lowest BCUT2D eigenvalue weighted by Gasteiger charge is -2.23. The van der Waals surface area contributed by atoms with E-state index in [-0.39, 0.29) is 31.4 Å². The van der Waals surface area contributed by atoms with E-state index < -0.39 is 12.2 Å².